The molecule has 0 bridgehead atoms. The lowest BCUT2D eigenvalue weighted by Gasteiger charge is -2.25. The Kier molecular flexibility index (Phi) is 4.09. The van der Waals surface area contributed by atoms with Gasteiger partial charge in [0.15, 0.2) is 11.9 Å². The first kappa shape index (κ1) is 15.2. The zero-order chi connectivity index (χ0) is 15.6. The van der Waals surface area contributed by atoms with Gasteiger partial charge in [-0.25, -0.2) is 0 Å². The molecule has 0 aliphatic carbocycles. The van der Waals surface area contributed by atoms with Crippen molar-refractivity contribution in [3.63, 3.8) is 0 Å². The highest BCUT2D eigenvalue weighted by molar-refractivity contribution is 7.85. The molecule has 1 amide bonds. The van der Waals surface area contributed by atoms with Crippen molar-refractivity contribution in [2.24, 2.45) is 0 Å². The number of nitrogens with zero attached hydrogens (tertiary/aromatic N) is 1. The Morgan fingerprint density at radius 1 is 1.48 bits per heavy atom. The minimum Gasteiger partial charge on any atom is -0.478 e. The number of fused-ring (bicyclic) bond motifs is 1. The molecule has 1 aromatic rings. The summed E-state index contributed by atoms with van der Waals surface area (Å²) in [4.78, 5) is 21.9. The van der Waals surface area contributed by atoms with Crippen LogP contribution in [0.3, 0.4) is 0 Å². The molecule has 0 spiro atoms. The molecule has 10 heteroatoms. The number of carbonyl (C=O) groups is 1. The van der Waals surface area contributed by atoms with E-state index in [0.717, 1.165) is 6.26 Å². The molecule has 0 radical (unpaired) electrons. The average molecular weight is 316 g/mol. The molecule has 1 atom stereocenters. The summed E-state index contributed by atoms with van der Waals surface area (Å²) >= 11 is 0. The average Bonchev–Trinajstić information content (AvgIpc) is 2.37. The molecule has 0 aromatic heterocycles. The van der Waals surface area contributed by atoms with Crippen LogP contribution in [0.4, 0.5) is 11.4 Å². The number of rotatable bonds is 5. The van der Waals surface area contributed by atoms with Gasteiger partial charge in [-0.1, -0.05) is 0 Å². The molecule has 1 heterocycles. The van der Waals surface area contributed by atoms with E-state index in [0.29, 0.717) is 5.69 Å². The summed E-state index contributed by atoms with van der Waals surface area (Å²) < 4.78 is 31.6. The molecular weight excluding hydrogens is 304 g/mol. The van der Waals surface area contributed by atoms with Crippen LogP contribution in [-0.2, 0) is 19.1 Å². The standard InChI is InChI=1S/C11H12N2O7S/c1-21(17,18)19-5-4-9-11(14)12-8-3-2-7(13(15)16)6-10(8)20-9/h2-3,6,9H,4-5H2,1H3,(H,12,14). The number of nitrogens with one attached hydrogen (secondary N) is 1. The monoisotopic (exact) mass is 316 g/mol. The molecule has 1 unspecified atom stereocenters. The minimum absolute atomic E-state index is 0.00103. The summed E-state index contributed by atoms with van der Waals surface area (Å²) in [7, 11) is -3.60. The van der Waals surface area contributed by atoms with Crippen LogP contribution >= 0.6 is 0 Å². The number of ether oxygens (including phenoxy) is 1. The molecule has 0 fully saturated rings. The molecule has 1 N–H and O–H groups in total. The Morgan fingerprint density at radius 2 is 2.19 bits per heavy atom. The molecule has 1 aromatic carbocycles. The van der Waals surface area contributed by atoms with E-state index in [4.69, 9.17) is 4.74 Å². The number of nitro groups is 1. The number of hydrogen-bond donors (Lipinski definition) is 1. The van der Waals surface area contributed by atoms with Gasteiger partial charge in [-0.2, -0.15) is 8.42 Å². The minimum atomic E-state index is -3.60. The van der Waals surface area contributed by atoms with E-state index in [1.165, 1.54) is 18.2 Å². The molecule has 9 nitrogen and oxygen atoms in total. The fourth-order valence-corrected chi connectivity index (χ4v) is 2.14. The third-order valence-corrected chi connectivity index (χ3v) is 3.27. The maximum atomic E-state index is 11.8. The molecule has 0 saturated carbocycles. The van der Waals surface area contributed by atoms with Crippen LogP contribution in [0, 0.1) is 10.1 Å². The fraction of sp³-hybridized carbons (Fsp3) is 0.364. The molecule has 114 valence electrons. The van der Waals surface area contributed by atoms with E-state index in [1.807, 2.05) is 0 Å². The summed E-state index contributed by atoms with van der Waals surface area (Å²) in [5.74, 6) is -0.304. The van der Waals surface area contributed by atoms with Gasteiger partial charge in [0.25, 0.3) is 21.7 Å². The number of benzene rings is 1. The second kappa shape index (κ2) is 5.66. The van der Waals surface area contributed by atoms with Crippen LogP contribution in [-0.4, -0.2) is 38.2 Å². The van der Waals surface area contributed by atoms with E-state index in [1.54, 1.807) is 0 Å². The normalized spacial score (nSPS) is 17.6. The zero-order valence-electron chi connectivity index (χ0n) is 10.9. The second-order valence-corrected chi connectivity index (χ2v) is 5.99. The molecule has 1 aliphatic rings. The number of non-ortho nitro benzene ring substituents is 1. The third kappa shape index (κ3) is 3.89. The topological polar surface area (TPSA) is 125 Å². The number of nitro benzene ring substituents is 1. The zero-order valence-corrected chi connectivity index (χ0v) is 11.8. The number of amides is 1. The molecule has 1 aliphatic heterocycles. The Bertz CT molecular complexity index is 686. The van der Waals surface area contributed by atoms with E-state index in [9.17, 15) is 23.3 Å². The molecule has 2 rings (SSSR count). The van der Waals surface area contributed by atoms with Gasteiger partial charge in [0.2, 0.25) is 0 Å². The van der Waals surface area contributed by atoms with E-state index in [2.05, 4.69) is 9.50 Å². The van der Waals surface area contributed by atoms with Crippen molar-refractivity contribution in [3.05, 3.63) is 28.3 Å². The summed E-state index contributed by atoms with van der Waals surface area (Å²) in [5, 5.41) is 13.2. The summed E-state index contributed by atoms with van der Waals surface area (Å²) in [6.45, 7) is -0.221. The van der Waals surface area contributed by atoms with Crippen molar-refractivity contribution in [1.29, 1.82) is 0 Å². The number of hydrogen-bond acceptors (Lipinski definition) is 7. The Hall–Kier alpha value is -2.20. The van der Waals surface area contributed by atoms with Crippen molar-refractivity contribution in [2.45, 2.75) is 12.5 Å². The van der Waals surface area contributed by atoms with Crippen molar-refractivity contribution >= 4 is 27.4 Å². The van der Waals surface area contributed by atoms with Gasteiger partial charge >= 0.3 is 0 Å². The maximum absolute atomic E-state index is 11.8. The predicted octanol–water partition coefficient (Wildman–Crippen LogP) is 0.661. The van der Waals surface area contributed by atoms with Gasteiger partial charge in [0.05, 0.1) is 29.5 Å². The largest absolute Gasteiger partial charge is 0.478 e. The quantitative estimate of drug-likeness (QED) is 0.480. The summed E-state index contributed by atoms with van der Waals surface area (Å²) in [5.41, 5.74) is 0.155. The summed E-state index contributed by atoms with van der Waals surface area (Å²) in [6.07, 6.45) is -0.0737. The van der Waals surface area contributed by atoms with Gasteiger partial charge in [0, 0.05) is 12.5 Å². The van der Waals surface area contributed by atoms with Crippen LogP contribution in [0.25, 0.3) is 0 Å². The smallest absolute Gasteiger partial charge is 0.273 e. The molecule has 0 saturated heterocycles. The highest BCUT2D eigenvalue weighted by Crippen LogP contribution is 2.33. The maximum Gasteiger partial charge on any atom is 0.273 e. The lowest BCUT2D eigenvalue weighted by molar-refractivity contribution is -0.384. The third-order valence-electron chi connectivity index (χ3n) is 2.67. The van der Waals surface area contributed by atoms with E-state index < -0.39 is 27.1 Å². The predicted molar refractivity (Wildman–Crippen MR) is 71.6 cm³/mol. The van der Waals surface area contributed by atoms with Crippen molar-refractivity contribution in [1.82, 2.24) is 0 Å². The van der Waals surface area contributed by atoms with Crippen LogP contribution in [0.2, 0.25) is 0 Å². The second-order valence-electron chi connectivity index (χ2n) is 4.35. The highest BCUT2D eigenvalue weighted by atomic mass is 32.2. The van der Waals surface area contributed by atoms with Gasteiger partial charge in [-0.15, -0.1) is 0 Å². The van der Waals surface area contributed by atoms with Crippen LogP contribution in [0.1, 0.15) is 6.42 Å². The van der Waals surface area contributed by atoms with Crippen LogP contribution in [0.5, 0.6) is 5.75 Å². The molecular formula is C11H12N2O7S. The number of anilines is 1. The van der Waals surface area contributed by atoms with Crippen LogP contribution < -0.4 is 10.1 Å². The Labute approximate surface area is 120 Å². The Morgan fingerprint density at radius 3 is 2.81 bits per heavy atom. The lowest BCUT2D eigenvalue weighted by Crippen LogP contribution is -2.37. The van der Waals surface area contributed by atoms with E-state index >= 15 is 0 Å². The SMILES string of the molecule is CS(=O)(=O)OCCC1Oc2cc([N+](=O)[O-])ccc2NC1=O. The van der Waals surface area contributed by atoms with Gasteiger partial charge in [-0.05, 0) is 6.07 Å². The van der Waals surface area contributed by atoms with Crippen molar-refractivity contribution in [3.8, 4) is 5.75 Å². The van der Waals surface area contributed by atoms with E-state index in [-0.39, 0.29) is 24.5 Å². The van der Waals surface area contributed by atoms with Crippen molar-refractivity contribution < 1.29 is 27.1 Å². The van der Waals surface area contributed by atoms with Crippen LogP contribution in [0.15, 0.2) is 18.2 Å². The lowest BCUT2D eigenvalue weighted by atomic mass is 10.1. The molecule has 21 heavy (non-hydrogen) atoms. The first-order chi connectivity index (χ1) is 9.76. The number of carbonyl (C=O) groups excluding carboxylic acids is 1. The van der Waals surface area contributed by atoms with Gasteiger partial charge < -0.3 is 10.1 Å². The van der Waals surface area contributed by atoms with Crippen molar-refractivity contribution in [2.75, 3.05) is 18.2 Å². The highest BCUT2D eigenvalue weighted by Gasteiger charge is 2.29. The van der Waals surface area contributed by atoms with Gasteiger partial charge in [0.1, 0.15) is 0 Å². The first-order valence-electron chi connectivity index (χ1n) is 5.86. The Balaban J connectivity index is 2.09. The summed E-state index contributed by atoms with van der Waals surface area (Å²) in [6, 6.07) is 3.81. The first-order valence-corrected chi connectivity index (χ1v) is 7.68. The van der Waals surface area contributed by atoms with Gasteiger partial charge in [-0.3, -0.25) is 19.1 Å². The fourth-order valence-electron chi connectivity index (χ4n) is 1.74.